The van der Waals surface area contributed by atoms with Crippen molar-refractivity contribution in [3.05, 3.63) is 63.1 Å². The van der Waals surface area contributed by atoms with Gasteiger partial charge in [-0.1, -0.05) is 40.9 Å². The second-order valence-electron chi connectivity index (χ2n) is 8.88. The summed E-state index contributed by atoms with van der Waals surface area (Å²) in [6, 6.07) is 10.0. The molecule has 0 aliphatic carbocycles. The number of carbonyl (C=O) groups is 2. The van der Waals surface area contributed by atoms with Crippen LogP contribution in [0.3, 0.4) is 0 Å². The number of nitrogens with zero attached hydrogens (tertiary/aromatic N) is 2. The number of benzene rings is 2. The van der Waals surface area contributed by atoms with Gasteiger partial charge in [0.1, 0.15) is 12.6 Å². The molecule has 2 aromatic rings. The molecule has 0 unspecified atom stereocenters. The van der Waals surface area contributed by atoms with Crippen molar-refractivity contribution in [2.75, 3.05) is 17.1 Å². The summed E-state index contributed by atoms with van der Waals surface area (Å²) in [5, 5.41) is 3.92. The van der Waals surface area contributed by atoms with Crippen LogP contribution >= 0.6 is 34.8 Å². The predicted octanol–water partition coefficient (Wildman–Crippen LogP) is 4.74. The Kier molecular flexibility index (Phi) is 9.27. The van der Waals surface area contributed by atoms with Crippen LogP contribution < -0.4 is 9.62 Å². The van der Waals surface area contributed by atoms with Gasteiger partial charge in [0, 0.05) is 32.7 Å². The highest BCUT2D eigenvalue weighted by molar-refractivity contribution is 7.92. The third kappa shape index (κ3) is 7.77. The summed E-state index contributed by atoms with van der Waals surface area (Å²) in [5.74, 6) is -1.01. The molecule has 0 aliphatic heterocycles. The highest BCUT2D eigenvalue weighted by Crippen LogP contribution is 2.27. The molecule has 0 bridgehead atoms. The van der Waals surface area contributed by atoms with E-state index in [0.29, 0.717) is 20.6 Å². The molecule has 0 saturated carbocycles. The molecule has 0 saturated heterocycles. The Hall–Kier alpha value is -2.00. The highest BCUT2D eigenvalue weighted by atomic mass is 35.5. The third-order valence-corrected chi connectivity index (χ3v) is 6.95. The zero-order valence-electron chi connectivity index (χ0n) is 19.6. The van der Waals surface area contributed by atoms with E-state index in [0.717, 1.165) is 10.6 Å². The SMILES string of the molecule is C[C@H](C(=O)NC(C)(C)C)N(Cc1c(Cl)cccc1Cl)C(=O)CN(c1ccc(Cl)cc1)S(C)(=O)=O. The number of carbonyl (C=O) groups excluding carboxylic acids is 2. The van der Waals surface area contributed by atoms with Crippen LogP contribution in [-0.4, -0.2) is 49.5 Å². The Balaban J connectivity index is 2.46. The lowest BCUT2D eigenvalue weighted by atomic mass is 10.1. The van der Waals surface area contributed by atoms with Gasteiger partial charge in [-0.25, -0.2) is 8.42 Å². The van der Waals surface area contributed by atoms with Crippen LogP contribution in [0.25, 0.3) is 0 Å². The van der Waals surface area contributed by atoms with Gasteiger partial charge in [0.2, 0.25) is 21.8 Å². The molecule has 1 atom stereocenters. The Morgan fingerprint density at radius 3 is 2.00 bits per heavy atom. The smallest absolute Gasteiger partial charge is 0.244 e. The van der Waals surface area contributed by atoms with E-state index in [4.69, 9.17) is 34.8 Å². The number of amides is 2. The maximum atomic E-state index is 13.5. The molecular weight excluding hydrogens is 521 g/mol. The first-order valence-corrected chi connectivity index (χ1v) is 13.4. The van der Waals surface area contributed by atoms with Crippen LogP contribution in [-0.2, 0) is 26.2 Å². The lowest BCUT2D eigenvalue weighted by Gasteiger charge is -2.33. The molecule has 7 nitrogen and oxygen atoms in total. The van der Waals surface area contributed by atoms with Gasteiger partial charge < -0.3 is 10.2 Å². The van der Waals surface area contributed by atoms with Crippen molar-refractivity contribution in [1.82, 2.24) is 10.2 Å². The number of nitrogens with one attached hydrogen (secondary N) is 1. The zero-order chi connectivity index (χ0) is 25.8. The van der Waals surface area contributed by atoms with Crippen molar-refractivity contribution in [2.45, 2.75) is 45.8 Å². The molecular formula is C23H28Cl3N3O4S. The predicted molar refractivity (Wildman–Crippen MR) is 138 cm³/mol. The number of hydrogen-bond acceptors (Lipinski definition) is 4. The molecule has 2 amide bonds. The van der Waals surface area contributed by atoms with Crippen LogP contribution in [0.2, 0.25) is 15.1 Å². The van der Waals surface area contributed by atoms with E-state index in [9.17, 15) is 18.0 Å². The van der Waals surface area contributed by atoms with Crippen LogP contribution in [0.5, 0.6) is 0 Å². The van der Waals surface area contributed by atoms with Gasteiger partial charge in [-0.3, -0.25) is 13.9 Å². The molecule has 1 N–H and O–H groups in total. The second-order valence-corrected chi connectivity index (χ2v) is 12.0. The summed E-state index contributed by atoms with van der Waals surface area (Å²) in [6.07, 6.45) is 1.000. The van der Waals surface area contributed by atoms with Crippen molar-refractivity contribution in [3.63, 3.8) is 0 Å². The first kappa shape index (κ1) is 28.2. The highest BCUT2D eigenvalue weighted by Gasteiger charge is 2.32. The van der Waals surface area contributed by atoms with Gasteiger partial charge in [0.25, 0.3) is 0 Å². The lowest BCUT2D eigenvalue weighted by molar-refractivity contribution is -0.140. The monoisotopic (exact) mass is 547 g/mol. The molecule has 0 heterocycles. The molecule has 34 heavy (non-hydrogen) atoms. The standard InChI is InChI=1S/C23H28Cl3N3O4S/c1-15(22(31)27-23(2,3)4)28(13-18-19(25)7-6-8-20(18)26)21(30)14-29(34(5,32)33)17-11-9-16(24)10-12-17/h6-12,15H,13-14H2,1-5H3,(H,27,31)/t15-/m1/s1. The number of halogens is 3. The fraction of sp³-hybridized carbons (Fsp3) is 0.391. The molecule has 186 valence electrons. The fourth-order valence-corrected chi connectivity index (χ4v) is 4.62. The summed E-state index contributed by atoms with van der Waals surface area (Å²) >= 11 is 18.6. The first-order valence-electron chi connectivity index (χ1n) is 10.4. The van der Waals surface area contributed by atoms with E-state index in [1.165, 1.54) is 29.2 Å². The molecule has 11 heteroatoms. The number of hydrogen-bond donors (Lipinski definition) is 1. The van der Waals surface area contributed by atoms with Crippen molar-refractivity contribution in [2.24, 2.45) is 0 Å². The van der Waals surface area contributed by atoms with Crippen molar-refractivity contribution >= 4 is 62.3 Å². The molecule has 0 aliphatic rings. The van der Waals surface area contributed by atoms with Crippen molar-refractivity contribution in [3.8, 4) is 0 Å². The minimum Gasteiger partial charge on any atom is -0.350 e. The second kappa shape index (κ2) is 11.2. The molecule has 2 aromatic carbocycles. The largest absolute Gasteiger partial charge is 0.350 e. The van der Waals surface area contributed by atoms with Crippen LogP contribution in [0.15, 0.2) is 42.5 Å². The summed E-state index contributed by atoms with van der Waals surface area (Å²) in [5.41, 5.74) is 0.180. The minimum atomic E-state index is -3.83. The van der Waals surface area contributed by atoms with E-state index in [1.807, 2.05) is 20.8 Å². The molecule has 0 fully saturated rings. The summed E-state index contributed by atoms with van der Waals surface area (Å²) < 4.78 is 26.0. The van der Waals surface area contributed by atoms with E-state index in [-0.39, 0.29) is 12.2 Å². The quantitative estimate of drug-likeness (QED) is 0.516. The Morgan fingerprint density at radius 2 is 1.53 bits per heavy atom. The van der Waals surface area contributed by atoms with Gasteiger partial charge in [-0.2, -0.15) is 0 Å². The van der Waals surface area contributed by atoms with Crippen LogP contribution in [0.1, 0.15) is 33.3 Å². The van der Waals surface area contributed by atoms with E-state index >= 15 is 0 Å². The average Bonchev–Trinajstić information content (AvgIpc) is 2.70. The number of rotatable bonds is 8. The van der Waals surface area contributed by atoms with E-state index < -0.39 is 40.0 Å². The van der Waals surface area contributed by atoms with Gasteiger partial charge >= 0.3 is 0 Å². The van der Waals surface area contributed by atoms with Gasteiger partial charge in [-0.05, 0) is 64.1 Å². The molecule has 0 aromatic heterocycles. The normalized spacial score (nSPS) is 12.7. The first-order chi connectivity index (χ1) is 15.6. The van der Waals surface area contributed by atoms with Crippen LogP contribution in [0, 0.1) is 0 Å². The average molecular weight is 549 g/mol. The third-order valence-electron chi connectivity index (χ3n) is 4.85. The Labute approximate surface area is 216 Å². The summed E-state index contributed by atoms with van der Waals surface area (Å²) in [6.45, 7) is 6.41. The molecule has 0 spiro atoms. The van der Waals surface area contributed by atoms with Gasteiger partial charge in [-0.15, -0.1) is 0 Å². The Bertz CT molecular complexity index is 1130. The lowest BCUT2D eigenvalue weighted by Crippen LogP contribution is -2.54. The van der Waals surface area contributed by atoms with Crippen molar-refractivity contribution < 1.29 is 18.0 Å². The molecule has 2 rings (SSSR count). The fourth-order valence-electron chi connectivity index (χ4n) is 3.13. The topological polar surface area (TPSA) is 86.8 Å². The van der Waals surface area contributed by atoms with Gasteiger partial charge in [0.05, 0.1) is 11.9 Å². The summed E-state index contributed by atoms with van der Waals surface area (Å²) in [4.78, 5) is 27.7. The van der Waals surface area contributed by atoms with Crippen LogP contribution in [0.4, 0.5) is 5.69 Å². The zero-order valence-corrected chi connectivity index (χ0v) is 22.7. The minimum absolute atomic E-state index is 0.0890. The number of anilines is 1. The Morgan fingerprint density at radius 1 is 1.00 bits per heavy atom. The number of sulfonamides is 1. The summed E-state index contributed by atoms with van der Waals surface area (Å²) in [7, 11) is -3.83. The van der Waals surface area contributed by atoms with Crippen molar-refractivity contribution in [1.29, 1.82) is 0 Å². The maximum Gasteiger partial charge on any atom is 0.244 e. The van der Waals surface area contributed by atoms with E-state index in [1.54, 1.807) is 25.1 Å². The maximum absolute atomic E-state index is 13.5. The molecule has 0 radical (unpaired) electrons. The van der Waals surface area contributed by atoms with E-state index in [2.05, 4.69) is 5.32 Å². The van der Waals surface area contributed by atoms with Gasteiger partial charge in [0.15, 0.2) is 0 Å².